The summed E-state index contributed by atoms with van der Waals surface area (Å²) in [4.78, 5) is 8.16. The summed E-state index contributed by atoms with van der Waals surface area (Å²) in [5.41, 5.74) is 0. The van der Waals surface area contributed by atoms with Crippen LogP contribution in [-0.4, -0.2) is 43.4 Å². The number of sulfone groups is 1. The van der Waals surface area contributed by atoms with Crippen molar-refractivity contribution in [3.05, 3.63) is 16.1 Å². The van der Waals surface area contributed by atoms with E-state index in [1.54, 1.807) is 11.3 Å². The lowest BCUT2D eigenvalue weighted by Crippen LogP contribution is -2.35. The Morgan fingerprint density at radius 2 is 2.11 bits per heavy atom. The Hall–Kier alpha value is -0.460. The maximum atomic E-state index is 11.3. The summed E-state index contributed by atoms with van der Waals surface area (Å²) in [6, 6.07) is 0. The molecule has 1 saturated heterocycles. The van der Waals surface area contributed by atoms with Crippen molar-refractivity contribution in [1.29, 1.82) is 0 Å². The number of piperidine rings is 1. The van der Waals surface area contributed by atoms with Crippen molar-refractivity contribution in [2.75, 3.05) is 25.1 Å². The molecule has 0 bridgehead atoms. The molecule has 19 heavy (non-hydrogen) atoms. The Balaban J connectivity index is 1.80. The Morgan fingerprint density at radius 3 is 2.63 bits per heavy atom. The fourth-order valence-corrected chi connectivity index (χ4v) is 4.61. The van der Waals surface area contributed by atoms with Crippen LogP contribution in [-0.2, 0) is 22.8 Å². The zero-order valence-electron chi connectivity index (χ0n) is 11.6. The molecule has 1 aromatic heterocycles. The molecule has 0 aromatic carbocycles. The minimum absolute atomic E-state index is 0.341. The third-order valence-electron chi connectivity index (χ3n) is 3.55. The first-order valence-corrected chi connectivity index (χ1v) is 9.67. The van der Waals surface area contributed by atoms with Crippen LogP contribution in [0.5, 0.6) is 0 Å². The molecule has 0 radical (unpaired) electrons. The lowest BCUT2D eigenvalue weighted by Gasteiger charge is -2.30. The molecule has 6 heteroatoms. The molecule has 1 aromatic rings. The van der Waals surface area contributed by atoms with E-state index in [4.69, 9.17) is 0 Å². The van der Waals surface area contributed by atoms with Crippen molar-refractivity contribution in [2.24, 2.45) is 5.92 Å². The van der Waals surface area contributed by atoms with Crippen LogP contribution in [0.3, 0.4) is 0 Å². The molecule has 1 aliphatic heterocycles. The van der Waals surface area contributed by atoms with Crippen LogP contribution in [0.1, 0.15) is 29.7 Å². The van der Waals surface area contributed by atoms with Gasteiger partial charge in [0.15, 0.2) is 0 Å². The lowest BCUT2D eigenvalue weighted by molar-refractivity contribution is 0.186. The molecule has 4 nitrogen and oxygen atoms in total. The van der Waals surface area contributed by atoms with Crippen LogP contribution < -0.4 is 0 Å². The molecule has 2 rings (SSSR count). The maximum Gasteiger partial charge on any atom is 0.147 e. The predicted octanol–water partition coefficient (Wildman–Crippen LogP) is 1.96. The molecule has 0 atom stereocenters. The van der Waals surface area contributed by atoms with Gasteiger partial charge in [-0.05, 0) is 38.3 Å². The first-order valence-electron chi connectivity index (χ1n) is 6.80. The summed E-state index contributed by atoms with van der Waals surface area (Å²) < 4.78 is 22.6. The highest BCUT2D eigenvalue weighted by molar-refractivity contribution is 7.90. The Kier molecular flexibility index (Phi) is 4.97. The molecule has 0 saturated carbocycles. The summed E-state index contributed by atoms with van der Waals surface area (Å²) in [6.45, 7) is 5.03. The van der Waals surface area contributed by atoms with Gasteiger partial charge in [-0.25, -0.2) is 13.4 Å². The molecule has 2 heterocycles. The standard InChI is InChI=1S/C13H22N2O2S2/c1-3-12-8-14-13(18-12)9-15-6-4-11(5-7-15)10-19(2,16)17/h8,11H,3-7,9-10H2,1-2H3. The van der Waals surface area contributed by atoms with Crippen LogP contribution in [0.4, 0.5) is 0 Å². The minimum Gasteiger partial charge on any atom is -0.297 e. The van der Waals surface area contributed by atoms with Crippen molar-refractivity contribution in [2.45, 2.75) is 32.7 Å². The van der Waals surface area contributed by atoms with E-state index < -0.39 is 9.84 Å². The van der Waals surface area contributed by atoms with Gasteiger partial charge in [-0.15, -0.1) is 11.3 Å². The van der Waals surface area contributed by atoms with E-state index in [0.29, 0.717) is 11.7 Å². The van der Waals surface area contributed by atoms with Crippen LogP contribution in [0.15, 0.2) is 6.20 Å². The minimum atomic E-state index is -2.83. The third-order valence-corrected chi connectivity index (χ3v) is 5.76. The number of hydrogen-bond donors (Lipinski definition) is 0. The molecule has 0 N–H and O–H groups in total. The highest BCUT2D eigenvalue weighted by atomic mass is 32.2. The molecule has 0 unspecified atom stereocenters. The summed E-state index contributed by atoms with van der Waals surface area (Å²) in [6.07, 6.45) is 6.32. The van der Waals surface area contributed by atoms with Gasteiger partial charge in [-0.1, -0.05) is 6.92 Å². The van der Waals surface area contributed by atoms with Crippen LogP contribution in [0.25, 0.3) is 0 Å². The molecule has 1 aliphatic rings. The van der Waals surface area contributed by atoms with Gasteiger partial charge in [-0.3, -0.25) is 4.90 Å². The highest BCUT2D eigenvalue weighted by Gasteiger charge is 2.22. The van der Waals surface area contributed by atoms with Crippen molar-refractivity contribution in [3.63, 3.8) is 0 Å². The number of aromatic nitrogens is 1. The molecular weight excluding hydrogens is 280 g/mol. The Morgan fingerprint density at radius 1 is 1.42 bits per heavy atom. The second-order valence-electron chi connectivity index (χ2n) is 5.39. The number of rotatable bonds is 5. The van der Waals surface area contributed by atoms with Gasteiger partial charge in [0, 0.05) is 17.3 Å². The maximum absolute atomic E-state index is 11.3. The van der Waals surface area contributed by atoms with E-state index in [1.165, 1.54) is 16.1 Å². The fraction of sp³-hybridized carbons (Fsp3) is 0.769. The van der Waals surface area contributed by atoms with Crippen LogP contribution in [0, 0.1) is 5.92 Å². The molecule has 0 spiro atoms. The smallest absolute Gasteiger partial charge is 0.147 e. The van der Waals surface area contributed by atoms with Gasteiger partial charge in [0.2, 0.25) is 0 Å². The fourth-order valence-electron chi connectivity index (χ4n) is 2.52. The van der Waals surface area contributed by atoms with Crippen molar-refractivity contribution >= 4 is 21.2 Å². The SMILES string of the molecule is CCc1cnc(CN2CCC(CS(C)(=O)=O)CC2)s1. The van der Waals surface area contributed by atoms with E-state index in [2.05, 4.69) is 16.8 Å². The molecule has 0 amide bonds. The van der Waals surface area contributed by atoms with Gasteiger partial charge < -0.3 is 0 Å². The van der Waals surface area contributed by atoms with Gasteiger partial charge >= 0.3 is 0 Å². The first kappa shape index (κ1) is 14.9. The highest BCUT2D eigenvalue weighted by Crippen LogP contribution is 2.22. The van der Waals surface area contributed by atoms with E-state index in [1.807, 2.05) is 6.20 Å². The number of thiazole rings is 1. The zero-order chi connectivity index (χ0) is 13.9. The summed E-state index contributed by atoms with van der Waals surface area (Å²) in [5, 5.41) is 1.18. The molecule has 0 aliphatic carbocycles. The lowest BCUT2D eigenvalue weighted by atomic mass is 9.99. The van der Waals surface area contributed by atoms with Gasteiger partial charge in [-0.2, -0.15) is 0 Å². The number of aryl methyl sites for hydroxylation is 1. The number of nitrogens with zero attached hydrogens (tertiary/aromatic N) is 2. The molecule has 108 valence electrons. The molecular formula is C13H22N2O2S2. The average Bonchev–Trinajstić information content (AvgIpc) is 2.77. The van der Waals surface area contributed by atoms with E-state index in [-0.39, 0.29) is 0 Å². The topological polar surface area (TPSA) is 50.3 Å². The summed E-state index contributed by atoms with van der Waals surface area (Å²) in [5.74, 6) is 0.687. The largest absolute Gasteiger partial charge is 0.297 e. The summed E-state index contributed by atoms with van der Waals surface area (Å²) >= 11 is 1.79. The number of likely N-dealkylation sites (tertiary alicyclic amines) is 1. The van der Waals surface area contributed by atoms with Crippen molar-refractivity contribution < 1.29 is 8.42 Å². The first-order chi connectivity index (χ1) is 8.96. The average molecular weight is 302 g/mol. The van der Waals surface area contributed by atoms with E-state index in [0.717, 1.165) is 38.9 Å². The second-order valence-corrected chi connectivity index (χ2v) is 8.77. The zero-order valence-corrected chi connectivity index (χ0v) is 13.3. The van der Waals surface area contributed by atoms with Gasteiger partial charge in [0.1, 0.15) is 14.8 Å². The van der Waals surface area contributed by atoms with Crippen molar-refractivity contribution in [3.8, 4) is 0 Å². The van der Waals surface area contributed by atoms with E-state index >= 15 is 0 Å². The molecule has 1 fully saturated rings. The predicted molar refractivity (Wildman–Crippen MR) is 79.2 cm³/mol. The van der Waals surface area contributed by atoms with Gasteiger partial charge in [0.25, 0.3) is 0 Å². The summed E-state index contributed by atoms with van der Waals surface area (Å²) in [7, 11) is -2.83. The quantitative estimate of drug-likeness (QED) is 0.834. The van der Waals surface area contributed by atoms with Crippen molar-refractivity contribution in [1.82, 2.24) is 9.88 Å². The van der Waals surface area contributed by atoms with Gasteiger partial charge in [0.05, 0.1) is 12.3 Å². The third kappa shape index (κ3) is 4.85. The van der Waals surface area contributed by atoms with Crippen LogP contribution >= 0.6 is 11.3 Å². The van der Waals surface area contributed by atoms with Crippen LogP contribution in [0.2, 0.25) is 0 Å². The Labute approximate surface area is 119 Å². The number of hydrogen-bond acceptors (Lipinski definition) is 5. The second kappa shape index (κ2) is 6.33. The monoisotopic (exact) mass is 302 g/mol. The Bertz CT molecular complexity index is 502. The normalized spacial score (nSPS) is 18.8. The van der Waals surface area contributed by atoms with E-state index in [9.17, 15) is 8.42 Å².